The molecule has 0 spiro atoms. The Morgan fingerprint density at radius 3 is 1.00 bits per heavy atom. The molecule has 1 heterocycles. The van der Waals surface area contributed by atoms with Crippen molar-refractivity contribution in [2.75, 3.05) is 0 Å². The van der Waals surface area contributed by atoms with Gasteiger partial charge in [-0.05, 0) is 49.4 Å². The van der Waals surface area contributed by atoms with Gasteiger partial charge in [0.1, 0.15) is 0 Å². The molecule has 0 N–H and O–H groups in total. The second-order valence-corrected chi connectivity index (χ2v) is 4.38. The maximum absolute atomic E-state index is 2.23. The summed E-state index contributed by atoms with van der Waals surface area (Å²) in [5, 5.41) is 3.15. The molecule has 0 aliphatic heterocycles. The molecule has 0 aliphatic carbocycles. The van der Waals surface area contributed by atoms with Gasteiger partial charge in [0, 0.05) is 0 Å². The smallest absolute Gasteiger partial charge is 1.00 e. The summed E-state index contributed by atoms with van der Waals surface area (Å²) in [6, 6.07) is 0. The molecule has 0 aliphatic rings. The third-order valence-corrected chi connectivity index (χ3v) is 3.56. The van der Waals surface area contributed by atoms with Crippen molar-refractivity contribution in [2.45, 2.75) is 27.7 Å². The molecule has 0 saturated heterocycles. The molecular weight excluding hydrogens is 325 g/mol. The van der Waals surface area contributed by atoms with Gasteiger partial charge < -0.3 is 37.2 Å². The normalized spacial score (nSPS) is 7.08. The first kappa shape index (κ1) is 24.0. The minimum absolute atomic E-state index is 0. The SMILES string of the molecule is Cc1[pH]c(C)c(C)c1C.[Cl-].[Cl-].[Cl-].[Zr+3]. The summed E-state index contributed by atoms with van der Waals surface area (Å²) in [6.07, 6.45) is 0. The van der Waals surface area contributed by atoms with Crippen LogP contribution in [0.4, 0.5) is 0 Å². The second-order valence-electron chi connectivity index (χ2n) is 2.62. The zero-order valence-corrected chi connectivity index (χ0v) is 13.9. The summed E-state index contributed by atoms with van der Waals surface area (Å²) < 4.78 is 0. The first-order valence-corrected chi connectivity index (χ1v) is 4.25. The average molecular weight is 338 g/mol. The fourth-order valence-corrected chi connectivity index (χ4v) is 2.34. The van der Waals surface area contributed by atoms with Crippen LogP contribution in [0.3, 0.4) is 0 Å². The molecule has 0 saturated carbocycles. The molecule has 0 bridgehead atoms. The third kappa shape index (κ3) is 5.86. The zero-order valence-electron chi connectivity index (χ0n) is 8.13. The van der Waals surface area contributed by atoms with Gasteiger partial charge in [0.15, 0.2) is 0 Å². The van der Waals surface area contributed by atoms with Crippen molar-refractivity contribution >= 4 is 8.19 Å². The Bertz CT molecular complexity index is 213. The van der Waals surface area contributed by atoms with Crippen LogP contribution in [0, 0.1) is 27.7 Å². The predicted octanol–water partition coefficient (Wildman–Crippen LogP) is -6.04. The van der Waals surface area contributed by atoms with E-state index in [4.69, 9.17) is 0 Å². The summed E-state index contributed by atoms with van der Waals surface area (Å²) >= 11 is 0. The summed E-state index contributed by atoms with van der Waals surface area (Å²) in [6.45, 7) is 8.89. The molecule has 0 aromatic carbocycles. The van der Waals surface area contributed by atoms with E-state index in [9.17, 15) is 0 Å². The van der Waals surface area contributed by atoms with E-state index in [0.717, 1.165) is 8.19 Å². The van der Waals surface area contributed by atoms with Gasteiger partial charge in [0.05, 0.1) is 0 Å². The van der Waals surface area contributed by atoms with Gasteiger partial charge in [0.25, 0.3) is 0 Å². The van der Waals surface area contributed by atoms with E-state index in [0.29, 0.717) is 0 Å². The minimum atomic E-state index is 0. The predicted molar refractivity (Wildman–Crippen MR) is 44.9 cm³/mol. The van der Waals surface area contributed by atoms with E-state index in [1.807, 2.05) is 0 Å². The van der Waals surface area contributed by atoms with Crippen LogP contribution in [0.15, 0.2) is 0 Å². The van der Waals surface area contributed by atoms with E-state index >= 15 is 0 Å². The van der Waals surface area contributed by atoms with Crippen molar-refractivity contribution in [2.24, 2.45) is 0 Å². The molecule has 1 aromatic heterocycles. The molecule has 0 fully saturated rings. The van der Waals surface area contributed by atoms with Crippen molar-refractivity contribution in [1.82, 2.24) is 0 Å². The van der Waals surface area contributed by atoms with Gasteiger partial charge in [-0.15, -0.1) is 8.19 Å². The van der Waals surface area contributed by atoms with Gasteiger partial charge in [0.2, 0.25) is 0 Å². The number of aryl methyl sites for hydroxylation is 2. The Balaban J connectivity index is -0.000000101. The number of hydrogen-bond donors (Lipinski definition) is 0. The Morgan fingerprint density at radius 1 is 0.692 bits per heavy atom. The topological polar surface area (TPSA) is 0 Å². The van der Waals surface area contributed by atoms with E-state index in [2.05, 4.69) is 27.7 Å². The first-order chi connectivity index (χ1) is 4.13. The minimum Gasteiger partial charge on any atom is -1.00 e. The second kappa shape index (κ2) is 10.1. The number of rotatable bonds is 0. The molecule has 0 unspecified atom stereocenters. The molecular formula is C8H13Cl3PZr. The molecule has 0 nitrogen and oxygen atoms in total. The van der Waals surface area contributed by atoms with Crippen LogP contribution in [0.2, 0.25) is 0 Å². The third-order valence-electron chi connectivity index (χ3n) is 2.06. The van der Waals surface area contributed by atoms with Gasteiger partial charge in [-0.1, -0.05) is 0 Å². The molecule has 13 heavy (non-hydrogen) atoms. The van der Waals surface area contributed by atoms with Gasteiger partial charge >= 0.3 is 26.2 Å². The average Bonchev–Trinajstić information content (AvgIpc) is 1.98. The van der Waals surface area contributed by atoms with Gasteiger partial charge in [-0.3, -0.25) is 0 Å². The van der Waals surface area contributed by atoms with E-state index in [1.54, 1.807) is 10.6 Å². The summed E-state index contributed by atoms with van der Waals surface area (Å²) in [5.41, 5.74) is 3.04. The molecule has 5 heteroatoms. The van der Waals surface area contributed by atoms with Crippen LogP contribution < -0.4 is 37.2 Å². The van der Waals surface area contributed by atoms with Crippen molar-refractivity contribution in [1.29, 1.82) is 0 Å². The van der Waals surface area contributed by atoms with Crippen LogP contribution in [0.1, 0.15) is 21.7 Å². The first-order valence-electron chi connectivity index (χ1n) is 3.25. The molecule has 1 aromatic rings. The van der Waals surface area contributed by atoms with Crippen molar-refractivity contribution in [3.05, 3.63) is 21.7 Å². The Morgan fingerprint density at radius 2 is 0.923 bits per heavy atom. The fraction of sp³-hybridized carbons (Fsp3) is 0.500. The van der Waals surface area contributed by atoms with Crippen LogP contribution in [-0.2, 0) is 26.2 Å². The van der Waals surface area contributed by atoms with Crippen molar-refractivity contribution in [3.8, 4) is 0 Å². The Labute approximate surface area is 120 Å². The van der Waals surface area contributed by atoms with Crippen molar-refractivity contribution in [3.63, 3.8) is 0 Å². The van der Waals surface area contributed by atoms with Gasteiger partial charge in [-0.2, -0.15) is 0 Å². The van der Waals surface area contributed by atoms with Crippen LogP contribution >= 0.6 is 8.19 Å². The van der Waals surface area contributed by atoms with Gasteiger partial charge in [-0.25, -0.2) is 0 Å². The van der Waals surface area contributed by atoms with E-state index < -0.39 is 0 Å². The fourth-order valence-electron chi connectivity index (χ4n) is 1.03. The number of halogens is 3. The number of hydrogen-bond acceptors (Lipinski definition) is 0. The standard InChI is InChI=1S/C8H13P.3ClH.Zr/c1-5-6(2)8(4)9-7(5)3;;;;/h9H,1-4H3;3*1H;/q;;;;+3/p-3. The summed E-state index contributed by atoms with van der Waals surface area (Å²) in [5.74, 6) is 0. The summed E-state index contributed by atoms with van der Waals surface area (Å²) in [4.78, 5) is 0. The molecule has 0 atom stereocenters. The largest absolute Gasteiger partial charge is 3.00 e. The molecule has 0 amide bonds. The molecule has 75 valence electrons. The van der Waals surface area contributed by atoms with Crippen LogP contribution in [-0.4, -0.2) is 0 Å². The molecule has 1 rings (SSSR count). The van der Waals surface area contributed by atoms with E-state index in [1.165, 1.54) is 11.1 Å². The van der Waals surface area contributed by atoms with Crippen LogP contribution in [0.5, 0.6) is 0 Å². The molecule has 1 radical (unpaired) electrons. The monoisotopic (exact) mass is 335 g/mol. The Hall–Kier alpha value is 1.53. The maximum atomic E-state index is 2.23. The maximum Gasteiger partial charge on any atom is 3.00 e. The zero-order chi connectivity index (χ0) is 7.02. The quantitative estimate of drug-likeness (QED) is 0.442. The summed E-state index contributed by atoms with van der Waals surface area (Å²) in [7, 11) is 0.976. The van der Waals surface area contributed by atoms with Crippen LogP contribution in [0.25, 0.3) is 0 Å². The Kier molecular flexibility index (Phi) is 18.6. The van der Waals surface area contributed by atoms with Crippen molar-refractivity contribution < 1.29 is 63.4 Å². The van der Waals surface area contributed by atoms with E-state index in [-0.39, 0.29) is 63.4 Å².